The Morgan fingerprint density at radius 1 is 1.19 bits per heavy atom. The summed E-state index contributed by atoms with van der Waals surface area (Å²) in [5.41, 5.74) is 4.36. The Kier molecular flexibility index (Phi) is 4.85. The van der Waals surface area contributed by atoms with E-state index in [4.69, 9.17) is 4.74 Å². The molecule has 0 saturated carbocycles. The molecule has 27 heavy (non-hydrogen) atoms. The maximum Gasteiger partial charge on any atom is 0.337 e. The van der Waals surface area contributed by atoms with Gasteiger partial charge in [0, 0.05) is 23.6 Å². The van der Waals surface area contributed by atoms with Crippen LogP contribution in [-0.2, 0) is 9.53 Å². The number of urea groups is 1. The Morgan fingerprint density at radius 3 is 2.41 bits per heavy atom. The first-order chi connectivity index (χ1) is 12.9. The molecule has 3 rings (SSSR count). The minimum Gasteiger partial charge on any atom is -0.465 e. The van der Waals surface area contributed by atoms with Crippen molar-refractivity contribution in [3.8, 4) is 5.69 Å². The van der Waals surface area contributed by atoms with Crippen LogP contribution in [0.2, 0.25) is 0 Å². The van der Waals surface area contributed by atoms with Crippen LogP contribution >= 0.6 is 0 Å². The van der Waals surface area contributed by atoms with Gasteiger partial charge in [-0.1, -0.05) is 0 Å². The molecule has 1 aliphatic rings. The van der Waals surface area contributed by atoms with Crippen molar-refractivity contribution < 1.29 is 19.1 Å². The molecule has 1 saturated heterocycles. The van der Waals surface area contributed by atoms with Crippen LogP contribution in [0.5, 0.6) is 0 Å². The van der Waals surface area contributed by atoms with Crippen molar-refractivity contribution in [3.05, 3.63) is 58.5 Å². The van der Waals surface area contributed by atoms with Crippen LogP contribution in [0.1, 0.15) is 34.2 Å². The number of nitrogens with one attached hydrogen (secondary N) is 1. The molecular formula is C20H21N3O4. The monoisotopic (exact) mass is 367 g/mol. The first kappa shape index (κ1) is 18.4. The molecular weight excluding hydrogens is 346 g/mol. The smallest absolute Gasteiger partial charge is 0.337 e. The molecule has 2 aromatic rings. The number of esters is 1. The molecule has 0 aliphatic carbocycles. The van der Waals surface area contributed by atoms with Crippen LogP contribution in [-0.4, -0.2) is 41.0 Å². The number of hydrogen-bond acceptors (Lipinski definition) is 4. The summed E-state index contributed by atoms with van der Waals surface area (Å²) in [6, 6.07) is 8.64. The maximum absolute atomic E-state index is 12.3. The van der Waals surface area contributed by atoms with E-state index >= 15 is 0 Å². The summed E-state index contributed by atoms with van der Waals surface area (Å²) in [5.74, 6) is -0.710. The lowest BCUT2D eigenvalue weighted by atomic mass is 10.2. The van der Waals surface area contributed by atoms with Crippen LogP contribution < -0.4 is 5.32 Å². The van der Waals surface area contributed by atoms with Crippen LogP contribution in [0.4, 0.5) is 4.79 Å². The molecule has 1 fully saturated rings. The third-order valence-corrected chi connectivity index (χ3v) is 4.60. The van der Waals surface area contributed by atoms with E-state index in [1.54, 1.807) is 25.1 Å². The van der Waals surface area contributed by atoms with Crippen molar-refractivity contribution in [2.75, 3.05) is 13.7 Å². The molecule has 3 amide bonds. The number of aryl methyl sites for hydroxylation is 1. The van der Waals surface area contributed by atoms with Crippen molar-refractivity contribution in [2.24, 2.45) is 0 Å². The third-order valence-electron chi connectivity index (χ3n) is 4.60. The zero-order valence-electron chi connectivity index (χ0n) is 15.7. The summed E-state index contributed by atoms with van der Waals surface area (Å²) >= 11 is 0. The quantitative estimate of drug-likeness (QED) is 0.512. The number of carbonyl (C=O) groups excluding carboxylic acids is 3. The highest BCUT2D eigenvalue weighted by Gasteiger charge is 2.32. The van der Waals surface area contributed by atoms with Gasteiger partial charge in [0.2, 0.25) is 0 Å². The number of aromatic nitrogens is 1. The van der Waals surface area contributed by atoms with Gasteiger partial charge in [0.1, 0.15) is 5.70 Å². The molecule has 0 radical (unpaired) electrons. The van der Waals surface area contributed by atoms with E-state index in [1.165, 1.54) is 7.11 Å². The van der Waals surface area contributed by atoms with Crippen molar-refractivity contribution in [1.82, 2.24) is 14.8 Å². The van der Waals surface area contributed by atoms with Crippen molar-refractivity contribution >= 4 is 24.0 Å². The second kappa shape index (κ2) is 7.11. The van der Waals surface area contributed by atoms with E-state index < -0.39 is 6.03 Å². The van der Waals surface area contributed by atoms with Gasteiger partial charge in [0.05, 0.1) is 12.7 Å². The van der Waals surface area contributed by atoms with Gasteiger partial charge in [-0.05, 0) is 62.7 Å². The Morgan fingerprint density at radius 2 is 1.85 bits per heavy atom. The highest BCUT2D eigenvalue weighted by molar-refractivity contribution is 6.14. The predicted molar refractivity (Wildman–Crippen MR) is 100 cm³/mol. The van der Waals surface area contributed by atoms with E-state index in [0.29, 0.717) is 12.1 Å². The number of hydrogen-bond donors (Lipinski definition) is 1. The van der Waals surface area contributed by atoms with Crippen LogP contribution in [0.15, 0.2) is 36.0 Å². The van der Waals surface area contributed by atoms with Gasteiger partial charge in [-0.2, -0.15) is 0 Å². The fourth-order valence-corrected chi connectivity index (χ4v) is 3.21. The van der Waals surface area contributed by atoms with Crippen molar-refractivity contribution in [3.63, 3.8) is 0 Å². The van der Waals surface area contributed by atoms with Gasteiger partial charge in [-0.25, -0.2) is 9.59 Å². The Balaban J connectivity index is 1.96. The van der Waals surface area contributed by atoms with Crippen LogP contribution in [0, 0.1) is 13.8 Å². The van der Waals surface area contributed by atoms with Gasteiger partial charge < -0.3 is 14.6 Å². The number of likely N-dealkylation sites (N-methyl/N-ethyl adjacent to an activating group) is 1. The Hall–Kier alpha value is -3.35. The van der Waals surface area contributed by atoms with E-state index in [-0.39, 0.29) is 17.6 Å². The largest absolute Gasteiger partial charge is 0.465 e. The highest BCUT2D eigenvalue weighted by atomic mass is 16.5. The summed E-state index contributed by atoms with van der Waals surface area (Å²) in [4.78, 5) is 36.9. The fraction of sp³-hybridized carbons (Fsp3) is 0.250. The minimum atomic E-state index is -0.402. The highest BCUT2D eigenvalue weighted by Crippen LogP contribution is 2.24. The number of benzene rings is 1. The molecule has 0 spiro atoms. The molecule has 7 heteroatoms. The molecule has 1 aromatic heterocycles. The maximum atomic E-state index is 12.3. The van der Waals surface area contributed by atoms with Crippen molar-refractivity contribution in [2.45, 2.75) is 20.8 Å². The number of methoxy groups -OCH3 is 1. The predicted octanol–water partition coefficient (Wildman–Crippen LogP) is 2.79. The van der Waals surface area contributed by atoms with E-state index in [2.05, 4.69) is 5.32 Å². The molecule has 0 atom stereocenters. The second-order valence-corrected chi connectivity index (χ2v) is 6.24. The molecule has 2 heterocycles. The van der Waals surface area contributed by atoms with Gasteiger partial charge >= 0.3 is 12.0 Å². The Labute approximate surface area is 157 Å². The zero-order valence-corrected chi connectivity index (χ0v) is 15.7. The van der Waals surface area contributed by atoms with Gasteiger partial charge in [0.25, 0.3) is 5.91 Å². The molecule has 1 aliphatic heterocycles. The summed E-state index contributed by atoms with van der Waals surface area (Å²) in [7, 11) is 1.35. The molecule has 1 aromatic carbocycles. The van der Waals surface area contributed by atoms with Gasteiger partial charge in [-0.15, -0.1) is 0 Å². The standard InChI is InChI=1S/C20H21N3O4/c1-5-22-18(24)17(21-20(22)26)11-15-10-12(2)23(13(15)3)16-8-6-14(7-9-16)19(25)27-4/h6-11H,5H2,1-4H3,(H,21,26)/b17-11+. The number of nitrogens with zero attached hydrogens (tertiary/aromatic N) is 2. The average Bonchev–Trinajstić information content (AvgIpc) is 3.09. The molecule has 140 valence electrons. The summed E-state index contributed by atoms with van der Waals surface area (Å²) in [6.45, 7) is 5.97. The van der Waals surface area contributed by atoms with E-state index in [1.807, 2.05) is 36.6 Å². The molecule has 0 bridgehead atoms. The summed E-state index contributed by atoms with van der Waals surface area (Å²) < 4.78 is 6.74. The van der Waals surface area contributed by atoms with Crippen LogP contribution in [0.25, 0.3) is 11.8 Å². The zero-order chi connectivity index (χ0) is 19.7. The SMILES string of the molecule is CCN1C(=O)N/C(=C/c2cc(C)n(-c3ccc(C(=O)OC)cc3)c2C)C1=O. The van der Waals surface area contributed by atoms with Crippen molar-refractivity contribution in [1.29, 1.82) is 0 Å². The number of ether oxygens (including phenoxy) is 1. The fourth-order valence-electron chi connectivity index (χ4n) is 3.21. The molecule has 0 unspecified atom stereocenters. The summed E-state index contributed by atoms with van der Waals surface area (Å²) in [6.07, 6.45) is 1.69. The van der Waals surface area contributed by atoms with Crippen LogP contribution in [0.3, 0.4) is 0 Å². The second-order valence-electron chi connectivity index (χ2n) is 6.24. The lowest BCUT2D eigenvalue weighted by Gasteiger charge is -2.10. The third kappa shape index (κ3) is 3.23. The number of carbonyl (C=O) groups is 3. The lowest BCUT2D eigenvalue weighted by molar-refractivity contribution is -0.122. The first-order valence-corrected chi connectivity index (χ1v) is 8.59. The normalized spacial score (nSPS) is 15.4. The lowest BCUT2D eigenvalue weighted by Crippen LogP contribution is -2.30. The van der Waals surface area contributed by atoms with E-state index in [0.717, 1.165) is 27.5 Å². The van der Waals surface area contributed by atoms with Gasteiger partial charge in [-0.3, -0.25) is 9.69 Å². The molecule has 1 N–H and O–H groups in total. The number of amides is 3. The minimum absolute atomic E-state index is 0.267. The topological polar surface area (TPSA) is 80.6 Å². The summed E-state index contributed by atoms with van der Waals surface area (Å²) in [5, 5.41) is 2.61. The van der Waals surface area contributed by atoms with E-state index in [9.17, 15) is 14.4 Å². The number of rotatable bonds is 4. The Bertz CT molecular complexity index is 954. The average molecular weight is 367 g/mol. The van der Waals surface area contributed by atoms with Gasteiger partial charge in [0.15, 0.2) is 0 Å². The molecule has 7 nitrogen and oxygen atoms in total. The number of imide groups is 1. The first-order valence-electron chi connectivity index (χ1n) is 8.59.